The van der Waals surface area contributed by atoms with Gasteiger partial charge in [-0.2, -0.15) is 5.26 Å². The van der Waals surface area contributed by atoms with E-state index in [1.165, 1.54) is 24.4 Å². The molecule has 1 amide bonds. The number of aromatic nitrogens is 1. The second kappa shape index (κ2) is 5.19. The number of hydrogen-bond donors (Lipinski definition) is 1. The predicted octanol–water partition coefficient (Wildman–Crippen LogP) is 3.20. The highest BCUT2D eigenvalue weighted by Gasteiger charge is 2.50. The number of carbonyl (C=O) groups excluding carboxylic acids is 1. The number of hydrogen-bond acceptors (Lipinski definition) is 3. The molecule has 2 aromatic rings. The molecule has 1 N–H and O–H groups in total. The molecule has 22 heavy (non-hydrogen) atoms. The summed E-state index contributed by atoms with van der Waals surface area (Å²) < 4.78 is 27.0. The van der Waals surface area contributed by atoms with E-state index in [1.54, 1.807) is 18.2 Å². The number of pyridine rings is 1. The third-order valence-corrected chi connectivity index (χ3v) is 3.52. The molecule has 1 aliphatic rings. The van der Waals surface area contributed by atoms with Crippen molar-refractivity contribution >= 4 is 11.7 Å². The number of nitrogens with zero attached hydrogens (tertiary/aromatic N) is 2. The first-order valence-electron chi connectivity index (χ1n) is 6.68. The Morgan fingerprint density at radius 1 is 1.27 bits per heavy atom. The lowest BCUT2D eigenvalue weighted by Gasteiger charge is -2.09. The van der Waals surface area contributed by atoms with Crippen LogP contribution in [0.4, 0.5) is 14.6 Å². The Labute approximate surface area is 125 Å². The van der Waals surface area contributed by atoms with E-state index in [4.69, 9.17) is 5.26 Å². The molecule has 3 rings (SSSR count). The van der Waals surface area contributed by atoms with Gasteiger partial charge in [-0.15, -0.1) is 0 Å². The van der Waals surface area contributed by atoms with Crippen molar-refractivity contribution in [1.82, 2.24) is 4.98 Å². The summed E-state index contributed by atoms with van der Waals surface area (Å²) in [5.41, 5.74) is -0.593. The molecule has 1 aliphatic carbocycles. The SMILES string of the molecule is N#Cc1cc(-c2ccnc(NC(=O)C3(F)CC3)c2)ccc1F. The average molecular weight is 299 g/mol. The molecule has 1 aromatic heterocycles. The van der Waals surface area contributed by atoms with Crippen LogP contribution in [0.25, 0.3) is 11.1 Å². The molecule has 6 heteroatoms. The van der Waals surface area contributed by atoms with Gasteiger partial charge in [0.05, 0.1) is 5.56 Å². The number of alkyl halides is 1. The van der Waals surface area contributed by atoms with Gasteiger partial charge in [0.1, 0.15) is 17.7 Å². The quantitative estimate of drug-likeness (QED) is 0.946. The first-order chi connectivity index (χ1) is 10.5. The van der Waals surface area contributed by atoms with Crippen molar-refractivity contribution < 1.29 is 13.6 Å². The Bertz CT molecular complexity index is 794. The van der Waals surface area contributed by atoms with E-state index >= 15 is 0 Å². The van der Waals surface area contributed by atoms with Crippen molar-refractivity contribution in [3.8, 4) is 17.2 Å². The Morgan fingerprint density at radius 2 is 2.00 bits per heavy atom. The van der Waals surface area contributed by atoms with E-state index in [2.05, 4.69) is 10.3 Å². The minimum absolute atomic E-state index is 0.0689. The van der Waals surface area contributed by atoms with Crippen LogP contribution in [0.3, 0.4) is 0 Å². The van der Waals surface area contributed by atoms with Crippen LogP contribution in [0.1, 0.15) is 18.4 Å². The number of nitrogens with one attached hydrogen (secondary N) is 1. The second-order valence-corrected chi connectivity index (χ2v) is 5.16. The lowest BCUT2D eigenvalue weighted by molar-refractivity contribution is -0.122. The highest BCUT2D eigenvalue weighted by Crippen LogP contribution is 2.40. The molecule has 0 unspecified atom stereocenters. The third kappa shape index (κ3) is 2.66. The molecule has 1 aromatic carbocycles. The van der Waals surface area contributed by atoms with Crippen molar-refractivity contribution in [3.05, 3.63) is 47.9 Å². The summed E-state index contributed by atoms with van der Waals surface area (Å²) in [7, 11) is 0. The van der Waals surface area contributed by atoms with Crippen molar-refractivity contribution in [3.63, 3.8) is 0 Å². The minimum atomic E-state index is -1.78. The number of amides is 1. The molecule has 110 valence electrons. The van der Waals surface area contributed by atoms with E-state index < -0.39 is 17.4 Å². The molecular formula is C16H11F2N3O. The van der Waals surface area contributed by atoms with Crippen LogP contribution in [0.15, 0.2) is 36.5 Å². The highest BCUT2D eigenvalue weighted by atomic mass is 19.1. The zero-order valence-corrected chi connectivity index (χ0v) is 11.4. The van der Waals surface area contributed by atoms with Crippen LogP contribution in [-0.4, -0.2) is 16.6 Å². The second-order valence-electron chi connectivity index (χ2n) is 5.16. The first kappa shape index (κ1) is 14.1. The number of anilines is 1. The van der Waals surface area contributed by atoms with Gasteiger partial charge in [0.2, 0.25) is 0 Å². The zero-order valence-electron chi connectivity index (χ0n) is 11.4. The molecule has 1 heterocycles. The van der Waals surface area contributed by atoms with E-state index in [-0.39, 0.29) is 24.2 Å². The maximum absolute atomic E-state index is 13.6. The van der Waals surface area contributed by atoms with E-state index in [0.29, 0.717) is 11.1 Å². The average Bonchev–Trinajstić information content (AvgIpc) is 3.27. The van der Waals surface area contributed by atoms with Gasteiger partial charge < -0.3 is 5.32 Å². The van der Waals surface area contributed by atoms with Gasteiger partial charge in [0.15, 0.2) is 5.67 Å². The fourth-order valence-corrected chi connectivity index (χ4v) is 2.03. The summed E-state index contributed by atoms with van der Waals surface area (Å²) in [4.78, 5) is 15.6. The minimum Gasteiger partial charge on any atom is -0.308 e. The topological polar surface area (TPSA) is 65.8 Å². The summed E-state index contributed by atoms with van der Waals surface area (Å²) in [6.45, 7) is 0. The number of rotatable bonds is 3. The lowest BCUT2D eigenvalue weighted by Crippen LogP contribution is -2.25. The molecule has 0 spiro atoms. The van der Waals surface area contributed by atoms with Gasteiger partial charge in [-0.25, -0.2) is 13.8 Å². The van der Waals surface area contributed by atoms with Crippen LogP contribution >= 0.6 is 0 Å². The largest absolute Gasteiger partial charge is 0.308 e. The summed E-state index contributed by atoms with van der Waals surface area (Å²) in [5.74, 6) is -1.08. The number of halogens is 2. The summed E-state index contributed by atoms with van der Waals surface area (Å²) in [6.07, 6.45) is 1.90. The Hall–Kier alpha value is -2.81. The molecular weight excluding hydrogens is 288 g/mol. The molecule has 1 fully saturated rings. The van der Waals surface area contributed by atoms with Crippen LogP contribution in [0.2, 0.25) is 0 Å². The van der Waals surface area contributed by atoms with Crippen LogP contribution in [-0.2, 0) is 4.79 Å². The van der Waals surface area contributed by atoms with Crippen molar-refractivity contribution in [1.29, 1.82) is 5.26 Å². The van der Waals surface area contributed by atoms with E-state index in [9.17, 15) is 13.6 Å². The van der Waals surface area contributed by atoms with Crippen molar-refractivity contribution in [2.24, 2.45) is 0 Å². The fraction of sp³-hybridized carbons (Fsp3) is 0.188. The van der Waals surface area contributed by atoms with E-state index in [1.807, 2.05) is 0 Å². The molecule has 0 saturated heterocycles. The Kier molecular flexibility index (Phi) is 3.33. The molecule has 1 saturated carbocycles. The van der Waals surface area contributed by atoms with Gasteiger partial charge in [0, 0.05) is 6.20 Å². The van der Waals surface area contributed by atoms with Crippen LogP contribution in [0, 0.1) is 17.1 Å². The third-order valence-electron chi connectivity index (χ3n) is 3.52. The molecule has 0 radical (unpaired) electrons. The van der Waals surface area contributed by atoms with Crippen molar-refractivity contribution in [2.45, 2.75) is 18.5 Å². The molecule has 0 aliphatic heterocycles. The standard InChI is InChI=1S/C16H11F2N3O/c17-13-2-1-10(7-12(13)9-19)11-3-6-20-14(8-11)21-15(22)16(18)4-5-16/h1-3,6-8H,4-5H2,(H,20,21,22). The fourth-order valence-electron chi connectivity index (χ4n) is 2.03. The lowest BCUT2D eigenvalue weighted by atomic mass is 10.0. The van der Waals surface area contributed by atoms with E-state index in [0.717, 1.165) is 0 Å². The van der Waals surface area contributed by atoms with Gasteiger partial charge in [0.25, 0.3) is 5.91 Å². The Balaban J connectivity index is 1.88. The monoisotopic (exact) mass is 299 g/mol. The van der Waals surface area contributed by atoms with Gasteiger partial charge in [-0.05, 0) is 48.2 Å². The van der Waals surface area contributed by atoms with Gasteiger partial charge >= 0.3 is 0 Å². The predicted molar refractivity (Wildman–Crippen MR) is 76.0 cm³/mol. The summed E-state index contributed by atoms with van der Waals surface area (Å²) in [6, 6.07) is 9.12. The molecule has 0 bridgehead atoms. The summed E-state index contributed by atoms with van der Waals surface area (Å²) >= 11 is 0. The molecule has 0 atom stereocenters. The van der Waals surface area contributed by atoms with Crippen molar-refractivity contribution in [2.75, 3.05) is 5.32 Å². The zero-order chi connectivity index (χ0) is 15.7. The number of nitriles is 1. The highest BCUT2D eigenvalue weighted by molar-refractivity contribution is 5.98. The smallest absolute Gasteiger partial charge is 0.263 e. The first-order valence-corrected chi connectivity index (χ1v) is 6.68. The maximum atomic E-state index is 13.6. The van der Waals surface area contributed by atoms with Gasteiger partial charge in [-0.1, -0.05) is 6.07 Å². The Morgan fingerprint density at radius 3 is 2.68 bits per heavy atom. The number of carbonyl (C=O) groups is 1. The number of benzene rings is 1. The van der Waals surface area contributed by atoms with Crippen LogP contribution < -0.4 is 5.32 Å². The van der Waals surface area contributed by atoms with Crippen LogP contribution in [0.5, 0.6) is 0 Å². The maximum Gasteiger partial charge on any atom is 0.263 e. The normalized spacial score (nSPS) is 15.0. The van der Waals surface area contributed by atoms with Gasteiger partial charge in [-0.3, -0.25) is 4.79 Å². The molecule has 4 nitrogen and oxygen atoms in total. The summed E-state index contributed by atoms with van der Waals surface area (Å²) in [5, 5.41) is 11.3.